The van der Waals surface area contributed by atoms with E-state index in [1.54, 1.807) is 0 Å². The molecule has 0 aliphatic carbocycles. The fraction of sp³-hybridized carbons (Fsp3) is 0.455. The maximum Gasteiger partial charge on any atom is 0.179 e. The van der Waals surface area contributed by atoms with Crippen LogP contribution in [-0.4, -0.2) is 33.7 Å². The molecule has 0 saturated heterocycles. The van der Waals surface area contributed by atoms with Crippen molar-refractivity contribution in [2.24, 2.45) is 0 Å². The van der Waals surface area contributed by atoms with E-state index in [-0.39, 0.29) is 12.0 Å². The summed E-state index contributed by atoms with van der Waals surface area (Å²) in [6.07, 6.45) is 0. The Morgan fingerprint density at radius 1 is 1.38 bits per heavy atom. The van der Waals surface area contributed by atoms with E-state index in [1.807, 2.05) is 33.0 Å². The second kappa shape index (κ2) is 3.75. The summed E-state index contributed by atoms with van der Waals surface area (Å²) >= 11 is 0. The number of aromatic amines is 1. The lowest BCUT2D eigenvalue weighted by Crippen LogP contribution is -2.23. The minimum atomic E-state index is -0.374. The highest BCUT2D eigenvalue weighted by atomic mass is 16.3. The lowest BCUT2D eigenvalue weighted by molar-refractivity contribution is 0.212. The van der Waals surface area contributed by atoms with Gasteiger partial charge >= 0.3 is 0 Å². The number of anilines is 1. The lowest BCUT2D eigenvalue weighted by Gasteiger charge is -2.17. The van der Waals surface area contributed by atoms with E-state index in [1.165, 1.54) is 0 Å². The van der Waals surface area contributed by atoms with Crippen LogP contribution in [0.1, 0.15) is 19.7 Å². The van der Waals surface area contributed by atoms with Crippen molar-refractivity contribution in [3.8, 4) is 0 Å². The smallest absolute Gasteiger partial charge is 0.179 e. The molecule has 0 saturated carbocycles. The van der Waals surface area contributed by atoms with Crippen molar-refractivity contribution in [2.45, 2.75) is 19.3 Å². The molecular formula is C11H16N4O. The first kappa shape index (κ1) is 10.9. The third-order valence-electron chi connectivity index (χ3n) is 2.64. The van der Waals surface area contributed by atoms with Crippen molar-refractivity contribution in [2.75, 3.05) is 19.0 Å². The van der Waals surface area contributed by atoms with Gasteiger partial charge in [-0.1, -0.05) is 13.8 Å². The van der Waals surface area contributed by atoms with Crippen LogP contribution < -0.4 is 5.32 Å². The van der Waals surface area contributed by atoms with Crippen LogP contribution in [0.4, 0.5) is 5.82 Å². The molecule has 0 aliphatic rings. The quantitative estimate of drug-likeness (QED) is 0.728. The number of imidazole rings is 1. The monoisotopic (exact) mass is 220 g/mol. The summed E-state index contributed by atoms with van der Waals surface area (Å²) < 4.78 is 0. The van der Waals surface area contributed by atoms with Crippen molar-refractivity contribution >= 4 is 17.0 Å². The van der Waals surface area contributed by atoms with Gasteiger partial charge in [-0.2, -0.15) is 0 Å². The van der Waals surface area contributed by atoms with Crippen molar-refractivity contribution in [1.29, 1.82) is 0 Å². The zero-order valence-corrected chi connectivity index (χ0v) is 9.70. The number of hydrogen-bond donors (Lipinski definition) is 3. The first-order valence-corrected chi connectivity index (χ1v) is 5.22. The standard InChI is InChI=1S/C11H16N4O/c1-11(2,6-16)10-13-7-4-5-8(12-3)14-9(7)15-10/h4-5,16H,6H2,1-3H3,(H2,12,13,14,15). The zero-order chi connectivity index (χ0) is 11.8. The number of nitrogens with zero attached hydrogens (tertiary/aromatic N) is 2. The van der Waals surface area contributed by atoms with Gasteiger partial charge in [-0.25, -0.2) is 9.97 Å². The summed E-state index contributed by atoms with van der Waals surface area (Å²) in [5.74, 6) is 1.54. The van der Waals surface area contributed by atoms with E-state index in [0.29, 0.717) is 5.65 Å². The molecule has 0 fully saturated rings. The largest absolute Gasteiger partial charge is 0.395 e. The summed E-state index contributed by atoms with van der Waals surface area (Å²) in [7, 11) is 1.82. The summed E-state index contributed by atoms with van der Waals surface area (Å²) in [6.45, 7) is 3.92. The number of fused-ring (bicyclic) bond motifs is 1. The van der Waals surface area contributed by atoms with Crippen LogP contribution in [0.5, 0.6) is 0 Å². The normalized spacial score (nSPS) is 12.0. The van der Waals surface area contributed by atoms with E-state index >= 15 is 0 Å². The van der Waals surface area contributed by atoms with Crippen molar-refractivity contribution in [3.63, 3.8) is 0 Å². The number of aliphatic hydroxyl groups is 1. The van der Waals surface area contributed by atoms with Crippen molar-refractivity contribution in [3.05, 3.63) is 18.0 Å². The van der Waals surface area contributed by atoms with Gasteiger partial charge in [-0.15, -0.1) is 0 Å². The molecule has 5 nitrogen and oxygen atoms in total. The third kappa shape index (κ3) is 1.74. The van der Waals surface area contributed by atoms with Crippen LogP contribution in [0.25, 0.3) is 11.2 Å². The van der Waals surface area contributed by atoms with Crippen molar-refractivity contribution < 1.29 is 5.11 Å². The molecule has 0 spiro atoms. The van der Waals surface area contributed by atoms with E-state index in [9.17, 15) is 5.11 Å². The Kier molecular flexibility index (Phi) is 2.55. The number of aromatic nitrogens is 3. The minimum Gasteiger partial charge on any atom is -0.395 e. The average molecular weight is 220 g/mol. The Morgan fingerprint density at radius 2 is 2.12 bits per heavy atom. The van der Waals surface area contributed by atoms with Crippen LogP contribution in [0.15, 0.2) is 12.1 Å². The molecular weight excluding hydrogens is 204 g/mol. The highest BCUT2D eigenvalue weighted by molar-refractivity contribution is 5.73. The van der Waals surface area contributed by atoms with Crippen LogP contribution in [-0.2, 0) is 5.41 Å². The molecule has 2 aromatic heterocycles. The first-order chi connectivity index (χ1) is 7.56. The predicted octanol–water partition coefficient (Wildman–Crippen LogP) is 1.27. The van der Waals surface area contributed by atoms with E-state index < -0.39 is 0 Å². The fourth-order valence-electron chi connectivity index (χ4n) is 1.43. The maximum atomic E-state index is 9.28. The molecule has 2 heterocycles. The Morgan fingerprint density at radius 3 is 2.75 bits per heavy atom. The van der Waals surface area contributed by atoms with Crippen LogP contribution in [0.3, 0.4) is 0 Å². The number of H-pyrrole nitrogens is 1. The van der Waals surface area contributed by atoms with Gasteiger partial charge in [0.15, 0.2) is 5.65 Å². The molecule has 0 radical (unpaired) electrons. The average Bonchev–Trinajstić information content (AvgIpc) is 2.72. The maximum absolute atomic E-state index is 9.28. The number of aliphatic hydroxyl groups excluding tert-OH is 1. The van der Waals surface area contributed by atoms with Gasteiger partial charge in [0.2, 0.25) is 0 Å². The Hall–Kier alpha value is -1.62. The van der Waals surface area contributed by atoms with Gasteiger partial charge in [0, 0.05) is 12.5 Å². The van der Waals surface area contributed by atoms with Gasteiger partial charge in [0.05, 0.1) is 12.1 Å². The molecule has 3 N–H and O–H groups in total. The molecule has 16 heavy (non-hydrogen) atoms. The lowest BCUT2D eigenvalue weighted by atomic mass is 9.94. The molecule has 86 valence electrons. The van der Waals surface area contributed by atoms with E-state index in [2.05, 4.69) is 20.3 Å². The minimum absolute atomic E-state index is 0.0473. The van der Waals surface area contributed by atoms with Gasteiger partial charge in [0.25, 0.3) is 0 Å². The van der Waals surface area contributed by atoms with Gasteiger partial charge in [-0.3, -0.25) is 0 Å². The Bertz CT molecular complexity index is 504. The number of hydrogen-bond acceptors (Lipinski definition) is 4. The zero-order valence-electron chi connectivity index (χ0n) is 9.70. The molecule has 5 heteroatoms. The highest BCUT2D eigenvalue weighted by Crippen LogP contribution is 2.22. The molecule has 0 atom stereocenters. The highest BCUT2D eigenvalue weighted by Gasteiger charge is 2.23. The van der Waals surface area contributed by atoms with Crippen LogP contribution in [0, 0.1) is 0 Å². The second-order valence-corrected chi connectivity index (χ2v) is 4.45. The number of nitrogens with one attached hydrogen (secondary N) is 2. The predicted molar refractivity (Wildman–Crippen MR) is 63.5 cm³/mol. The SMILES string of the molecule is CNc1ccc2[nH]c(C(C)(C)CO)nc2n1. The molecule has 0 amide bonds. The first-order valence-electron chi connectivity index (χ1n) is 5.22. The molecule has 0 bridgehead atoms. The van der Waals surface area contributed by atoms with Gasteiger partial charge in [-0.05, 0) is 12.1 Å². The Balaban J connectivity index is 2.52. The molecule has 0 aliphatic heterocycles. The molecule has 2 rings (SSSR count). The summed E-state index contributed by atoms with van der Waals surface area (Å²) in [4.78, 5) is 11.9. The second-order valence-electron chi connectivity index (χ2n) is 4.45. The molecule has 0 aromatic carbocycles. The summed E-state index contributed by atoms with van der Waals surface area (Å²) in [5, 5.41) is 12.2. The topological polar surface area (TPSA) is 73.8 Å². The van der Waals surface area contributed by atoms with Gasteiger partial charge < -0.3 is 15.4 Å². The van der Waals surface area contributed by atoms with Crippen molar-refractivity contribution in [1.82, 2.24) is 15.0 Å². The third-order valence-corrected chi connectivity index (χ3v) is 2.64. The van der Waals surface area contributed by atoms with Gasteiger partial charge in [0.1, 0.15) is 11.6 Å². The molecule has 0 unspecified atom stereocenters. The van der Waals surface area contributed by atoms with E-state index in [0.717, 1.165) is 17.2 Å². The summed E-state index contributed by atoms with van der Waals surface area (Å²) in [6, 6.07) is 3.81. The number of pyridine rings is 1. The van der Waals surface area contributed by atoms with Crippen LogP contribution in [0.2, 0.25) is 0 Å². The van der Waals surface area contributed by atoms with E-state index in [4.69, 9.17) is 0 Å². The Labute approximate surface area is 93.9 Å². The van der Waals surface area contributed by atoms with Crippen LogP contribution >= 0.6 is 0 Å². The fourth-order valence-corrected chi connectivity index (χ4v) is 1.43. The number of rotatable bonds is 3. The summed E-state index contributed by atoms with van der Waals surface area (Å²) in [5.41, 5.74) is 1.18. The molecule has 2 aromatic rings.